The van der Waals surface area contributed by atoms with Crippen LogP contribution in [0.3, 0.4) is 0 Å². The van der Waals surface area contributed by atoms with Gasteiger partial charge in [0.2, 0.25) is 0 Å². The van der Waals surface area contributed by atoms with Crippen LogP contribution in [-0.2, 0) is 0 Å². The van der Waals surface area contributed by atoms with Gasteiger partial charge in [-0.15, -0.1) is 0 Å². The van der Waals surface area contributed by atoms with E-state index in [1.807, 2.05) is 0 Å². The summed E-state index contributed by atoms with van der Waals surface area (Å²) in [6.07, 6.45) is 29.4. The van der Waals surface area contributed by atoms with Crippen LogP contribution in [0.5, 0.6) is 0 Å². The van der Waals surface area contributed by atoms with Gasteiger partial charge in [-0.25, -0.2) is 0 Å². The van der Waals surface area contributed by atoms with Gasteiger partial charge in [0.05, 0.1) is 78.5 Å². The first kappa shape index (κ1) is 43.9. The molecule has 0 radical (unpaired) electrons. The average molecular weight is 625 g/mol. The molecule has 44 heavy (non-hydrogen) atoms. The first-order valence-corrected chi connectivity index (χ1v) is 21.0. The summed E-state index contributed by atoms with van der Waals surface area (Å²) in [5, 5.41) is 0. The number of hydrogen-bond acceptors (Lipinski definition) is 0. The van der Waals surface area contributed by atoms with Crippen molar-refractivity contribution < 1.29 is 13.4 Å². The summed E-state index contributed by atoms with van der Waals surface area (Å²) < 4.78 is 4.28. The molecule has 0 heterocycles. The van der Waals surface area contributed by atoms with Crippen molar-refractivity contribution in [3.63, 3.8) is 0 Å². The van der Waals surface area contributed by atoms with Gasteiger partial charge in [0, 0.05) is 12.8 Å². The normalized spacial score (nSPS) is 12.8. The molecule has 3 nitrogen and oxygen atoms in total. The zero-order valence-corrected chi connectivity index (χ0v) is 32.7. The van der Waals surface area contributed by atoms with E-state index in [2.05, 4.69) is 55.4 Å². The zero-order chi connectivity index (χ0) is 32.8. The van der Waals surface area contributed by atoms with E-state index in [4.69, 9.17) is 0 Å². The molecule has 0 spiro atoms. The quantitative estimate of drug-likeness (QED) is 0.0486. The Morgan fingerprint density at radius 1 is 0.182 bits per heavy atom. The van der Waals surface area contributed by atoms with Gasteiger partial charge < -0.3 is 13.4 Å². The van der Waals surface area contributed by atoms with E-state index in [0.29, 0.717) is 0 Å². The van der Waals surface area contributed by atoms with Crippen molar-refractivity contribution >= 4 is 0 Å². The fraction of sp³-hybridized carbons (Fsp3) is 1.00. The average Bonchev–Trinajstić information content (AvgIpc) is 3.05. The highest BCUT2D eigenvalue weighted by Crippen LogP contribution is 2.22. The number of hydrogen-bond donors (Lipinski definition) is 0. The van der Waals surface area contributed by atoms with Crippen LogP contribution in [-0.4, -0.2) is 92.0 Å². The fourth-order valence-corrected chi connectivity index (χ4v) is 7.93. The van der Waals surface area contributed by atoms with E-state index in [-0.39, 0.29) is 0 Å². The summed E-state index contributed by atoms with van der Waals surface area (Å²) in [5.74, 6) is 0. The lowest BCUT2D eigenvalue weighted by molar-refractivity contribution is -0.935. The molecule has 0 unspecified atom stereocenters. The highest BCUT2D eigenvalue weighted by atomic mass is 15.4. The number of rotatable bonds is 35. The van der Waals surface area contributed by atoms with Gasteiger partial charge in [0.15, 0.2) is 0 Å². The summed E-state index contributed by atoms with van der Waals surface area (Å²) in [7, 11) is 0. The maximum atomic E-state index is 2.41. The van der Waals surface area contributed by atoms with Gasteiger partial charge in [-0.2, -0.15) is 0 Å². The van der Waals surface area contributed by atoms with Gasteiger partial charge in [0.1, 0.15) is 0 Å². The second-order valence-corrected chi connectivity index (χ2v) is 15.3. The molecule has 0 aliphatic heterocycles. The lowest BCUT2D eigenvalue weighted by Gasteiger charge is -2.41. The standard InChI is InChI=1S/C41H90N3/c1-9-17-30-42(31-18-10-2,32-19-11-3)38-26-25-27-39-44(36-23-15-7,37-24-16-8)41-29-28-40-43(33-20-12-4,34-21-13-5)35-22-14-6/h9-41H2,1-8H3/q+3. The van der Waals surface area contributed by atoms with Crippen LogP contribution in [0.1, 0.15) is 190 Å². The Balaban J connectivity index is 5.41. The Morgan fingerprint density at radius 3 is 0.477 bits per heavy atom. The van der Waals surface area contributed by atoms with Crippen molar-refractivity contribution in [3.05, 3.63) is 0 Å². The van der Waals surface area contributed by atoms with E-state index < -0.39 is 0 Å². The van der Waals surface area contributed by atoms with Gasteiger partial charge in [-0.1, -0.05) is 107 Å². The van der Waals surface area contributed by atoms with Crippen LogP contribution < -0.4 is 0 Å². The third-order valence-electron chi connectivity index (χ3n) is 11.2. The van der Waals surface area contributed by atoms with Crippen LogP contribution in [0.4, 0.5) is 0 Å². The van der Waals surface area contributed by atoms with Crippen LogP contribution in [0.15, 0.2) is 0 Å². The molecule has 0 rings (SSSR count). The first-order valence-electron chi connectivity index (χ1n) is 21.0. The van der Waals surface area contributed by atoms with Gasteiger partial charge in [-0.3, -0.25) is 0 Å². The van der Waals surface area contributed by atoms with Crippen molar-refractivity contribution in [1.29, 1.82) is 0 Å². The molecule has 0 saturated carbocycles. The number of nitrogens with zero attached hydrogens (tertiary/aromatic N) is 3. The zero-order valence-electron chi connectivity index (χ0n) is 32.7. The minimum absolute atomic E-state index is 1.35. The summed E-state index contributed by atoms with van der Waals surface area (Å²) in [6.45, 7) is 36.4. The Morgan fingerprint density at radius 2 is 0.318 bits per heavy atom. The van der Waals surface area contributed by atoms with E-state index in [1.54, 1.807) is 0 Å². The SMILES string of the molecule is CCCC[N+](CCCC)(CCCC)CCCCC[N+](CCCC)(CCCC)CCCC[N+](CCCC)(CCCC)CCCC. The molecule has 0 aromatic rings. The number of unbranched alkanes of at least 4 members (excludes halogenated alkanes) is 11. The maximum absolute atomic E-state index is 2.41. The molecule has 0 bridgehead atoms. The van der Waals surface area contributed by atoms with E-state index >= 15 is 0 Å². The van der Waals surface area contributed by atoms with Crippen LogP contribution in [0.2, 0.25) is 0 Å². The second kappa shape index (κ2) is 29.1. The summed E-state index contributed by atoms with van der Waals surface area (Å²) in [6, 6.07) is 0. The molecule has 0 atom stereocenters. The maximum Gasteiger partial charge on any atom is 0.0788 e. The van der Waals surface area contributed by atoms with Crippen molar-refractivity contribution in [3.8, 4) is 0 Å². The second-order valence-electron chi connectivity index (χ2n) is 15.3. The van der Waals surface area contributed by atoms with E-state index in [9.17, 15) is 0 Å². The van der Waals surface area contributed by atoms with E-state index in [0.717, 1.165) is 0 Å². The van der Waals surface area contributed by atoms with E-state index in [1.165, 1.54) is 227 Å². The van der Waals surface area contributed by atoms with Gasteiger partial charge in [-0.05, 0) is 70.6 Å². The van der Waals surface area contributed by atoms with Gasteiger partial charge in [0.25, 0.3) is 0 Å². The van der Waals surface area contributed by atoms with Crippen LogP contribution in [0.25, 0.3) is 0 Å². The van der Waals surface area contributed by atoms with Crippen LogP contribution >= 0.6 is 0 Å². The van der Waals surface area contributed by atoms with Crippen molar-refractivity contribution in [1.82, 2.24) is 0 Å². The largest absolute Gasteiger partial charge is 0.324 e. The number of quaternary nitrogens is 3. The summed E-state index contributed by atoms with van der Waals surface area (Å²) in [4.78, 5) is 0. The first-order chi connectivity index (χ1) is 21.4. The summed E-state index contributed by atoms with van der Waals surface area (Å²) in [5.41, 5.74) is 0. The lowest BCUT2D eigenvalue weighted by atomic mass is 10.1. The molecule has 0 N–H and O–H groups in total. The molecule has 0 aromatic carbocycles. The molecular weight excluding hydrogens is 534 g/mol. The monoisotopic (exact) mass is 625 g/mol. The molecular formula is C41H90N3+3. The van der Waals surface area contributed by atoms with Crippen molar-refractivity contribution in [2.24, 2.45) is 0 Å². The Labute approximate surface area is 281 Å². The highest BCUT2D eigenvalue weighted by Gasteiger charge is 2.29. The minimum atomic E-state index is 1.35. The van der Waals surface area contributed by atoms with Gasteiger partial charge >= 0.3 is 0 Å². The van der Waals surface area contributed by atoms with Crippen molar-refractivity contribution in [2.75, 3.05) is 78.5 Å². The Kier molecular flexibility index (Phi) is 29.0. The smallest absolute Gasteiger partial charge is 0.0788 e. The summed E-state index contributed by atoms with van der Waals surface area (Å²) >= 11 is 0. The predicted octanol–water partition coefficient (Wildman–Crippen LogP) is 11.8. The topological polar surface area (TPSA) is 0 Å². The molecule has 0 fully saturated rings. The van der Waals surface area contributed by atoms with Crippen LogP contribution in [0, 0.1) is 0 Å². The molecule has 0 saturated heterocycles. The highest BCUT2D eigenvalue weighted by molar-refractivity contribution is 4.56. The third-order valence-corrected chi connectivity index (χ3v) is 11.2. The molecule has 0 aliphatic rings. The Bertz CT molecular complexity index is 537. The predicted molar refractivity (Wildman–Crippen MR) is 202 cm³/mol. The Hall–Kier alpha value is -0.120. The molecule has 266 valence electrons. The van der Waals surface area contributed by atoms with Crippen molar-refractivity contribution in [2.45, 2.75) is 190 Å². The molecule has 0 aliphatic carbocycles. The lowest BCUT2D eigenvalue weighted by Crippen LogP contribution is -2.52. The molecule has 3 heteroatoms. The molecule has 0 amide bonds. The molecule has 0 aromatic heterocycles. The third kappa shape index (κ3) is 20.2. The fourth-order valence-electron chi connectivity index (χ4n) is 7.93. The minimum Gasteiger partial charge on any atom is -0.324 e.